The van der Waals surface area contributed by atoms with Gasteiger partial charge in [-0.05, 0) is 38.5 Å². The highest BCUT2D eigenvalue weighted by Crippen LogP contribution is 2.23. The van der Waals surface area contributed by atoms with Crippen LogP contribution < -0.4 is 10.2 Å². The molecule has 0 unspecified atom stereocenters. The second kappa shape index (κ2) is 8.12. The highest BCUT2D eigenvalue weighted by atomic mass is 19.2. The topological polar surface area (TPSA) is 41.1 Å². The molecule has 0 aliphatic rings. The molecule has 0 spiro atoms. The van der Waals surface area contributed by atoms with Crippen LogP contribution in [0, 0.1) is 18.6 Å². The van der Waals surface area contributed by atoms with Gasteiger partial charge in [0.1, 0.15) is 5.82 Å². The molecular formula is C21H22F2N4. The third kappa shape index (κ3) is 4.78. The van der Waals surface area contributed by atoms with E-state index in [0.29, 0.717) is 18.2 Å². The minimum atomic E-state index is -0.916. The van der Waals surface area contributed by atoms with Crippen molar-refractivity contribution in [2.75, 3.05) is 10.2 Å². The summed E-state index contributed by atoms with van der Waals surface area (Å²) in [5.41, 5.74) is 2.35. The van der Waals surface area contributed by atoms with Gasteiger partial charge >= 0.3 is 0 Å². The third-order valence-corrected chi connectivity index (χ3v) is 4.13. The number of nitrogens with one attached hydrogen (secondary N) is 1. The first kappa shape index (κ1) is 18.8. The zero-order chi connectivity index (χ0) is 19.4. The molecule has 1 heterocycles. The lowest BCUT2D eigenvalue weighted by Gasteiger charge is -2.28. The van der Waals surface area contributed by atoms with Crippen molar-refractivity contribution in [1.82, 2.24) is 9.97 Å². The van der Waals surface area contributed by atoms with Crippen LogP contribution in [0.25, 0.3) is 0 Å². The first-order valence-electron chi connectivity index (χ1n) is 8.80. The van der Waals surface area contributed by atoms with Crippen molar-refractivity contribution in [3.05, 3.63) is 77.5 Å². The molecule has 0 atom stereocenters. The van der Waals surface area contributed by atoms with Crippen LogP contribution in [0.2, 0.25) is 0 Å². The fraction of sp³-hybridized carbons (Fsp3) is 0.238. The quantitative estimate of drug-likeness (QED) is 0.647. The summed E-state index contributed by atoms with van der Waals surface area (Å²) in [4.78, 5) is 11.1. The maximum Gasteiger partial charge on any atom is 0.229 e. The molecule has 0 fully saturated rings. The van der Waals surface area contributed by atoms with Gasteiger partial charge < -0.3 is 10.2 Å². The SMILES string of the molecule is Cc1cc(N(Cc2ccccc2)C(C)C)nc(Nc2ccc(F)c(F)c2)n1. The largest absolute Gasteiger partial charge is 0.350 e. The van der Waals surface area contributed by atoms with Gasteiger partial charge in [0.25, 0.3) is 0 Å². The van der Waals surface area contributed by atoms with Gasteiger partial charge in [0.2, 0.25) is 5.95 Å². The maximum atomic E-state index is 13.5. The fourth-order valence-electron chi connectivity index (χ4n) is 2.77. The second-order valence-electron chi connectivity index (χ2n) is 6.65. The number of nitrogens with zero attached hydrogens (tertiary/aromatic N) is 3. The monoisotopic (exact) mass is 368 g/mol. The van der Waals surface area contributed by atoms with E-state index in [9.17, 15) is 8.78 Å². The lowest BCUT2D eigenvalue weighted by Crippen LogP contribution is -2.31. The summed E-state index contributed by atoms with van der Waals surface area (Å²) < 4.78 is 26.6. The molecule has 3 aromatic rings. The molecule has 27 heavy (non-hydrogen) atoms. The Morgan fingerprint density at radius 2 is 1.70 bits per heavy atom. The Balaban J connectivity index is 1.89. The number of halogens is 2. The van der Waals surface area contributed by atoms with Gasteiger partial charge in [-0.3, -0.25) is 0 Å². The smallest absolute Gasteiger partial charge is 0.229 e. The number of aromatic nitrogens is 2. The van der Waals surface area contributed by atoms with Crippen molar-refractivity contribution >= 4 is 17.5 Å². The standard InChI is InChI=1S/C21H22F2N4/c1-14(2)27(13-16-7-5-4-6-8-16)20-11-15(3)24-21(26-20)25-17-9-10-18(22)19(23)12-17/h4-12,14H,13H2,1-3H3,(H,24,25,26). The average molecular weight is 368 g/mol. The van der Waals surface area contributed by atoms with E-state index in [1.54, 1.807) is 0 Å². The van der Waals surface area contributed by atoms with Crippen LogP contribution in [0.4, 0.5) is 26.2 Å². The summed E-state index contributed by atoms with van der Waals surface area (Å²) in [5, 5.41) is 2.96. The van der Waals surface area contributed by atoms with Gasteiger partial charge in [0.15, 0.2) is 11.6 Å². The summed E-state index contributed by atoms with van der Waals surface area (Å²) in [6.45, 7) is 6.79. The molecule has 0 aliphatic carbocycles. The molecular weight excluding hydrogens is 346 g/mol. The van der Waals surface area contributed by atoms with Gasteiger partial charge in [0, 0.05) is 36.1 Å². The summed E-state index contributed by atoms with van der Waals surface area (Å²) in [6, 6.07) is 15.9. The summed E-state index contributed by atoms with van der Waals surface area (Å²) in [7, 11) is 0. The van der Waals surface area contributed by atoms with Gasteiger partial charge in [0.05, 0.1) is 0 Å². The van der Waals surface area contributed by atoms with Crippen LogP contribution in [-0.4, -0.2) is 16.0 Å². The molecule has 0 bridgehead atoms. The molecule has 6 heteroatoms. The zero-order valence-electron chi connectivity index (χ0n) is 15.6. The number of anilines is 3. The molecule has 4 nitrogen and oxygen atoms in total. The number of aryl methyl sites for hydroxylation is 1. The fourth-order valence-corrected chi connectivity index (χ4v) is 2.77. The number of hydrogen-bond donors (Lipinski definition) is 1. The van der Waals surface area contributed by atoms with E-state index in [-0.39, 0.29) is 6.04 Å². The average Bonchev–Trinajstić information content (AvgIpc) is 2.63. The normalized spacial score (nSPS) is 10.9. The molecule has 1 N–H and O–H groups in total. The highest BCUT2D eigenvalue weighted by Gasteiger charge is 2.15. The Hall–Kier alpha value is -3.02. The number of rotatable bonds is 6. The van der Waals surface area contributed by atoms with Crippen LogP contribution in [-0.2, 0) is 6.54 Å². The first-order valence-corrected chi connectivity index (χ1v) is 8.80. The molecule has 0 saturated carbocycles. The van der Waals surface area contributed by atoms with E-state index in [0.717, 1.165) is 23.6 Å². The van der Waals surface area contributed by atoms with Gasteiger partial charge in [-0.25, -0.2) is 13.8 Å². The van der Waals surface area contributed by atoms with E-state index < -0.39 is 11.6 Å². The summed E-state index contributed by atoms with van der Waals surface area (Å²) >= 11 is 0. The molecule has 140 valence electrons. The first-order chi connectivity index (χ1) is 12.9. The Morgan fingerprint density at radius 3 is 2.37 bits per heavy atom. The maximum absolute atomic E-state index is 13.5. The van der Waals surface area contributed by atoms with E-state index in [1.165, 1.54) is 11.6 Å². The molecule has 2 aromatic carbocycles. The Kier molecular flexibility index (Phi) is 5.64. The van der Waals surface area contributed by atoms with E-state index >= 15 is 0 Å². The van der Waals surface area contributed by atoms with Crippen molar-refractivity contribution in [3.63, 3.8) is 0 Å². The van der Waals surface area contributed by atoms with Crippen LogP contribution in [0.1, 0.15) is 25.1 Å². The highest BCUT2D eigenvalue weighted by molar-refractivity contribution is 5.56. The van der Waals surface area contributed by atoms with Gasteiger partial charge in [-0.2, -0.15) is 4.98 Å². The van der Waals surface area contributed by atoms with E-state index in [1.807, 2.05) is 31.2 Å². The van der Waals surface area contributed by atoms with Crippen molar-refractivity contribution in [2.45, 2.75) is 33.4 Å². The minimum absolute atomic E-state index is 0.218. The van der Waals surface area contributed by atoms with Crippen molar-refractivity contribution in [1.29, 1.82) is 0 Å². The van der Waals surface area contributed by atoms with Crippen LogP contribution in [0.3, 0.4) is 0 Å². The lowest BCUT2D eigenvalue weighted by atomic mass is 10.2. The van der Waals surface area contributed by atoms with Gasteiger partial charge in [-0.1, -0.05) is 30.3 Å². The van der Waals surface area contributed by atoms with Crippen molar-refractivity contribution in [2.24, 2.45) is 0 Å². The summed E-state index contributed by atoms with van der Waals surface area (Å²) in [5.74, 6) is -0.692. The molecule has 1 aromatic heterocycles. The van der Waals surface area contributed by atoms with E-state index in [2.05, 4.69) is 46.2 Å². The predicted octanol–water partition coefficient (Wildman–Crippen LogP) is 5.22. The Morgan fingerprint density at radius 1 is 0.963 bits per heavy atom. The lowest BCUT2D eigenvalue weighted by molar-refractivity contribution is 0.509. The Bertz CT molecular complexity index is 913. The van der Waals surface area contributed by atoms with Crippen LogP contribution in [0.15, 0.2) is 54.6 Å². The Labute approximate surface area is 157 Å². The number of hydrogen-bond acceptors (Lipinski definition) is 4. The molecule has 0 saturated heterocycles. The van der Waals surface area contributed by atoms with Crippen molar-refractivity contribution < 1.29 is 8.78 Å². The molecule has 0 radical (unpaired) electrons. The summed E-state index contributed by atoms with van der Waals surface area (Å²) in [6.07, 6.45) is 0. The van der Waals surface area contributed by atoms with E-state index in [4.69, 9.17) is 0 Å². The van der Waals surface area contributed by atoms with Gasteiger partial charge in [-0.15, -0.1) is 0 Å². The minimum Gasteiger partial charge on any atom is -0.350 e. The predicted molar refractivity (Wildman–Crippen MR) is 104 cm³/mol. The zero-order valence-corrected chi connectivity index (χ0v) is 15.6. The number of benzene rings is 2. The van der Waals surface area contributed by atoms with Crippen LogP contribution >= 0.6 is 0 Å². The molecule has 0 aliphatic heterocycles. The van der Waals surface area contributed by atoms with Crippen LogP contribution in [0.5, 0.6) is 0 Å². The molecule has 0 amide bonds. The second-order valence-corrected chi connectivity index (χ2v) is 6.65. The third-order valence-electron chi connectivity index (χ3n) is 4.13. The van der Waals surface area contributed by atoms with Crippen molar-refractivity contribution in [3.8, 4) is 0 Å². The molecule has 3 rings (SSSR count).